The Kier molecular flexibility index (Phi) is 4.05. The molecule has 0 saturated carbocycles. The van der Waals surface area contributed by atoms with Crippen molar-refractivity contribution in [2.24, 2.45) is 0 Å². The smallest absolute Gasteiger partial charge is 0.411 e. The number of pyridine rings is 1. The maximum atomic E-state index is 12.6. The number of carbonyl (C=O) groups excluding carboxylic acids is 1. The molecule has 1 saturated heterocycles. The Bertz CT molecular complexity index is 791. The van der Waals surface area contributed by atoms with Gasteiger partial charge in [0.1, 0.15) is 5.60 Å². The molecule has 2 bridgehead atoms. The molecular formula is C20H21N3O2. The van der Waals surface area contributed by atoms with Crippen LogP contribution in [-0.2, 0) is 10.2 Å². The van der Waals surface area contributed by atoms with Gasteiger partial charge in [0.15, 0.2) is 0 Å². The van der Waals surface area contributed by atoms with Crippen LogP contribution in [-0.4, -0.2) is 33.7 Å². The summed E-state index contributed by atoms with van der Waals surface area (Å²) in [4.78, 5) is 18.5. The molecule has 5 nitrogen and oxygen atoms in total. The summed E-state index contributed by atoms with van der Waals surface area (Å²) in [5.41, 5.74) is 0.206. The molecule has 1 fully saturated rings. The summed E-state index contributed by atoms with van der Waals surface area (Å²) in [5, 5.41) is 9.94. The SMILES string of the molecule is C#Cc1cncc([C@]2(C#N)C[C@H]3C=C[C@@H](C2)N3C(=O)OC(C)(C)C)c1. The zero-order valence-corrected chi connectivity index (χ0v) is 14.7. The van der Waals surface area contributed by atoms with Crippen LogP contribution in [0, 0.1) is 23.7 Å². The lowest BCUT2D eigenvalue weighted by Crippen LogP contribution is -2.53. The van der Waals surface area contributed by atoms with Crippen LogP contribution in [0.3, 0.4) is 0 Å². The molecule has 0 aliphatic carbocycles. The van der Waals surface area contributed by atoms with E-state index in [1.807, 2.05) is 39.0 Å². The van der Waals surface area contributed by atoms with Crippen molar-refractivity contribution in [3.63, 3.8) is 0 Å². The summed E-state index contributed by atoms with van der Waals surface area (Å²) in [5.74, 6) is 2.57. The molecule has 3 heterocycles. The van der Waals surface area contributed by atoms with E-state index in [-0.39, 0.29) is 18.2 Å². The average Bonchev–Trinajstić information content (AvgIpc) is 2.85. The first-order valence-corrected chi connectivity index (χ1v) is 8.31. The number of amides is 1. The lowest BCUT2D eigenvalue weighted by molar-refractivity contribution is 0.00562. The number of hydrogen-bond donors (Lipinski definition) is 0. The highest BCUT2D eigenvalue weighted by Crippen LogP contribution is 2.44. The van der Waals surface area contributed by atoms with Gasteiger partial charge in [-0.1, -0.05) is 18.1 Å². The molecule has 1 amide bonds. The number of ether oxygens (including phenoxy) is 1. The lowest BCUT2D eigenvalue weighted by atomic mass is 9.71. The van der Waals surface area contributed by atoms with E-state index >= 15 is 0 Å². The molecule has 2 aliphatic heterocycles. The second-order valence-electron chi connectivity index (χ2n) is 7.62. The minimum absolute atomic E-state index is 0.164. The summed E-state index contributed by atoms with van der Waals surface area (Å²) >= 11 is 0. The molecule has 3 atom stereocenters. The summed E-state index contributed by atoms with van der Waals surface area (Å²) in [6.45, 7) is 5.54. The van der Waals surface area contributed by atoms with E-state index in [0.29, 0.717) is 18.4 Å². The summed E-state index contributed by atoms with van der Waals surface area (Å²) in [6.07, 6.45) is 13.4. The fourth-order valence-electron chi connectivity index (χ4n) is 3.58. The fraction of sp³-hybridized carbons (Fsp3) is 0.450. The molecule has 0 aromatic carbocycles. The molecule has 0 N–H and O–H groups in total. The van der Waals surface area contributed by atoms with E-state index in [4.69, 9.17) is 11.2 Å². The second-order valence-corrected chi connectivity index (χ2v) is 7.62. The highest BCUT2D eigenvalue weighted by molar-refractivity contribution is 5.71. The van der Waals surface area contributed by atoms with Gasteiger partial charge >= 0.3 is 6.09 Å². The Balaban J connectivity index is 1.88. The maximum absolute atomic E-state index is 12.6. The number of piperidine rings is 1. The summed E-state index contributed by atoms with van der Waals surface area (Å²) in [6, 6.07) is 3.98. The quantitative estimate of drug-likeness (QED) is 0.584. The maximum Gasteiger partial charge on any atom is 0.411 e. The van der Waals surface area contributed by atoms with Crippen LogP contribution >= 0.6 is 0 Å². The van der Waals surface area contributed by atoms with Crippen molar-refractivity contribution < 1.29 is 9.53 Å². The Morgan fingerprint density at radius 3 is 2.52 bits per heavy atom. The van der Waals surface area contributed by atoms with Gasteiger partial charge in [0.2, 0.25) is 0 Å². The van der Waals surface area contributed by atoms with Gasteiger partial charge in [0.05, 0.1) is 23.6 Å². The molecule has 0 spiro atoms. The van der Waals surface area contributed by atoms with Crippen LogP contribution in [0.4, 0.5) is 4.79 Å². The number of carbonyl (C=O) groups is 1. The van der Waals surface area contributed by atoms with Crippen molar-refractivity contribution in [2.75, 3.05) is 0 Å². The van der Waals surface area contributed by atoms with Crippen LogP contribution in [0.15, 0.2) is 30.6 Å². The van der Waals surface area contributed by atoms with Crippen molar-refractivity contribution in [1.29, 1.82) is 5.26 Å². The van der Waals surface area contributed by atoms with Gasteiger partial charge in [-0.2, -0.15) is 5.26 Å². The van der Waals surface area contributed by atoms with E-state index in [2.05, 4.69) is 17.0 Å². The van der Waals surface area contributed by atoms with Gasteiger partial charge in [-0.15, -0.1) is 6.42 Å². The Labute approximate surface area is 148 Å². The first kappa shape index (κ1) is 17.0. The van der Waals surface area contributed by atoms with Gasteiger partial charge in [-0.05, 0) is 45.2 Å². The number of terminal acetylenes is 1. The van der Waals surface area contributed by atoms with E-state index in [1.54, 1.807) is 17.3 Å². The summed E-state index contributed by atoms with van der Waals surface area (Å²) < 4.78 is 5.53. The van der Waals surface area contributed by atoms with Crippen LogP contribution in [0.2, 0.25) is 0 Å². The fourth-order valence-corrected chi connectivity index (χ4v) is 3.58. The number of rotatable bonds is 1. The van der Waals surface area contributed by atoms with E-state index in [1.165, 1.54) is 0 Å². The monoisotopic (exact) mass is 335 g/mol. The van der Waals surface area contributed by atoms with E-state index in [0.717, 1.165) is 5.56 Å². The minimum Gasteiger partial charge on any atom is -0.444 e. The molecule has 128 valence electrons. The van der Waals surface area contributed by atoms with Gasteiger partial charge in [0.25, 0.3) is 0 Å². The minimum atomic E-state index is -0.711. The van der Waals surface area contributed by atoms with Gasteiger partial charge in [0, 0.05) is 18.0 Å². The van der Waals surface area contributed by atoms with Crippen LogP contribution in [0.25, 0.3) is 0 Å². The van der Waals surface area contributed by atoms with Crippen molar-refractivity contribution in [1.82, 2.24) is 9.88 Å². The third-order valence-corrected chi connectivity index (χ3v) is 4.66. The van der Waals surface area contributed by atoms with Crippen molar-refractivity contribution in [3.8, 4) is 18.4 Å². The third-order valence-electron chi connectivity index (χ3n) is 4.66. The third kappa shape index (κ3) is 3.10. The summed E-state index contributed by atoms with van der Waals surface area (Å²) in [7, 11) is 0. The number of nitrogens with zero attached hydrogens (tertiary/aromatic N) is 3. The molecule has 2 aliphatic rings. The van der Waals surface area contributed by atoms with Gasteiger partial charge < -0.3 is 4.74 Å². The molecule has 5 heteroatoms. The first-order chi connectivity index (χ1) is 11.8. The van der Waals surface area contributed by atoms with Gasteiger partial charge in [-0.25, -0.2) is 4.79 Å². The second kappa shape index (κ2) is 5.93. The molecule has 0 radical (unpaired) electrons. The largest absolute Gasteiger partial charge is 0.444 e. The predicted octanol–water partition coefficient (Wildman–Crippen LogP) is 3.16. The van der Waals surface area contributed by atoms with Crippen molar-refractivity contribution in [2.45, 2.75) is 56.7 Å². The predicted molar refractivity (Wildman–Crippen MR) is 93.5 cm³/mol. The molecule has 0 unspecified atom stereocenters. The number of fused-ring (bicyclic) bond motifs is 2. The normalized spacial score (nSPS) is 27.5. The van der Waals surface area contributed by atoms with Crippen molar-refractivity contribution >= 4 is 6.09 Å². The van der Waals surface area contributed by atoms with E-state index in [9.17, 15) is 10.1 Å². The molecule has 1 aromatic rings. The molecule has 3 rings (SSSR count). The highest BCUT2D eigenvalue weighted by atomic mass is 16.6. The number of nitriles is 1. The first-order valence-electron chi connectivity index (χ1n) is 8.31. The highest BCUT2D eigenvalue weighted by Gasteiger charge is 2.50. The van der Waals surface area contributed by atoms with Crippen LogP contribution in [0.1, 0.15) is 44.7 Å². The molecule has 25 heavy (non-hydrogen) atoms. The Morgan fingerprint density at radius 2 is 2.00 bits per heavy atom. The van der Waals surface area contributed by atoms with Crippen LogP contribution in [0.5, 0.6) is 0 Å². The average molecular weight is 335 g/mol. The number of aromatic nitrogens is 1. The van der Waals surface area contributed by atoms with Gasteiger partial charge in [-0.3, -0.25) is 9.88 Å². The molecule has 1 aromatic heterocycles. The van der Waals surface area contributed by atoms with E-state index < -0.39 is 11.0 Å². The number of hydrogen-bond acceptors (Lipinski definition) is 4. The lowest BCUT2D eigenvalue weighted by Gasteiger charge is -2.43. The van der Waals surface area contributed by atoms with Crippen molar-refractivity contribution in [3.05, 3.63) is 41.7 Å². The Morgan fingerprint density at radius 1 is 1.36 bits per heavy atom. The topological polar surface area (TPSA) is 66.2 Å². The Hall–Kier alpha value is -2.79. The zero-order valence-electron chi connectivity index (χ0n) is 14.7. The standard InChI is InChI=1S/C20H21N3O2/c1-5-14-8-15(12-22-11-14)20(13-21)9-16-6-7-17(10-20)23(16)18(24)25-19(2,3)4/h1,6-8,11-12,16-17H,9-10H2,2-4H3/t16-,17+,20-. The zero-order chi connectivity index (χ0) is 18.2. The molecular weight excluding hydrogens is 314 g/mol. The van der Waals surface area contributed by atoms with Crippen LogP contribution < -0.4 is 0 Å².